The molecule has 5 rings (SSSR count). The summed E-state index contributed by atoms with van der Waals surface area (Å²) in [7, 11) is 0. The number of nitrogens with zero attached hydrogens (tertiary/aromatic N) is 1. The Balaban J connectivity index is 1.26. The highest BCUT2D eigenvalue weighted by atomic mass is 32.1. The Labute approximate surface area is 151 Å². The topological polar surface area (TPSA) is 58.6 Å². The Hall–Kier alpha value is -1.40. The lowest BCUT2D eigenvalue weighted by molar-refractivity contribution is -0.138. The molecular formula is C19H24N2O3S. The van der Waals surface area contributed by atoms with Gasteiger partial charge >= 0.3 is 0 Å². The largest absolute Gasteiger partial charge is 0.369 e. The van der Waals surface area contributed by atoms with Gasteiger partial charge in [-0.1, -0.05) is 6.42 Å². The molecule has 1 aliphatic carbocycles. The van der Waals surface area contributed by atoms with Crippen LogP contribution in [0.25, 0.3) is 0 Å². The number of rotatable bonds is 4. The van der Waals surface area contributed by atoms with E-state index in [0.29, 0.717) is 24.3 Å². The summed E-state index contributed by atoms with van der Waals surface area (Å²) in [5.74, 6) is 1.29. The number of carbonyl (C=O) groups excluding carboxylic acids is 2. The molecule has 25 heavy (non-hydrogen) atoms. The Morgan fingerprint density at radius 3 is 2.96 bits per heavy atom. The monoisotopic (exact) mass is 360 g/mol. The maximum Gasteiger partial charge on any atom is 0.252 e. The fourth-order valence-electron chi connectivity index (χ4n) is 5.25. The fourth-order valence-corrected chi connectivity index (χ4v) is 5.89. The number of amides is 2. The van der Waals surface area contributed by atoms with Crippen LogP contribution < -0.4 is 5.32 Å². The van der Waals surface area contributed by atoms with Crippen LogP contribution in [0.5, 0.6) is 0 Å². The van der Waals surface area contributed by atoms with Crippen molar-refractivity contribution in [3.8, 4) is 0 Å². The van der Waals surface area contributed by atoms with Gasteiger partial charge in [0.05, 0.1) is 18.2 Å². The smallest absolute Gasteiger partial charge is 0.252 e. The highest BCUT2D eigenvalue weighted by molar-refractivity contribution is 7.08. The van der Waals surface area contributed by atoms with Gasteiger partial charge in [0.25, 0.3) is 5.91 Å². The van der Waals surface area contributed by atoms with Crippen molar-refractivity contribution in [2.75, 3.05) is 19.6 Å². The molecule has 4 atom stereocenters. The number of likely N-dealkylation sites (tertiary alicyclic amines) is 1. The van der Waals surface area contributed by atoms with Crippen molar-refractivity contribution in [3.63, 3.8) is 0 Å². The highest BCUT2D eigenvalue weighted by Gasteiger charge is 2.63. The van der Waals surface area contributed by atoms with Crippen molar-refractivity contribution in [2.24, 2.45) is 17.8 Å². The summed E-state index contributed by atoms with van der Waals surface area (Å²) in [4.78, 5) is 27.0. The molecule has 1 spiro atoms. The second-order valence-corrected chi connectivity index (χ2v) is 8.88. The molecular weight excluding hydrogens is 336 g/mol. The van der Waals surface area contributed by atoms with Crippen LogP contribution in [0.4, 0.5) is 0 Å². The third kappa shape index (κ3) is 2.45. The van der Waals surface area contributed by atoms with Crippen molar-refractivity contribution in [3.05, 3.63) is 22.4 Å². The van der Waals surface area contributed by atoms with Crippen LogP contribution in [0.2, 0.25) is 0 Å². The molecule has 0 unspecified atom stereocenters. The van der Waals surface area contributed by atoms with E-state index in [1.807, 2.05) is 16.8 Å². The lowest BCUT2D eigenvalue weighted by atomic mass is 9.73. The highest BCUT2D eigenvalue weighted by Crippen LogP contribution is 2.55. The van der Waals surface area contributed by atoms with Crippen molar-refractivity contribution in [1.29, 1.82) is 0 Å². The van der Waals surface area contributed by atoms with Gasteiger partial charge in [0.1, 0.15) is 0 Å². The van der Waals surface area contributed by atoms with E-state index in [1.54, 1.807) is 0 Å². The average molecular weight is 360 g/mol. The lowest BCUT2D eigenvalue weighted by Crippen LogP contribution is -2.41. The van der Waals surface area contributed by atoms with Gasteiger partial charge in [-0.05, 0) is 37.1 Å². The van der Waals surface area contributed by atoms with Crippen LogP contribution in [-0.4, -0.2) is 48.1 Å². The minimum Gasteiger partial charge on any atom is -0.369 e. The van der Waals surface area contributed by atoms with E-state index in [9.17, 15) is 9.59 Å². The molecule has 2 amide bonds. The van der Waals surface area contributed by atoms with E-state index in [0.717, 1.165) is 44.3 Å². The quantitative estimate of drug-likeness (QED) is 0.896. The van der Waals surface area contributed by atoms with E-state index in [4.69, 9.17) is 4.74 Å². The molecule has 4 heterocycles. The predicted molar refractivity (Wildman–Crippen MR) is 94.4 cm³/mol. The Morgan fingerprint density at radius 2 is 2.24 bits per heavy atom. The van der Waals surface area contributed by atoms with Gasteiger partial charge < -0.3 is 15.0 Å². The number of carbonyl (C=O) groups is 2. The number of hydrogen-bond acceptors (Lipinski definition) is 4. The fraction of sp³-hybridized carbons (Fsp3) is 0.684. The molecule has 1 saturated carbocycles. The first kappa shape index (κ1) is 15.8. The Morgan fingerprint density at radius 1 is 1.36 bits per heavy atom. The number of thiophene rings is 1. The molecule has 4 aliphatic rings. The number of ether oxygens (including phenoxy) is 1. The zero-order valence-corrected chi connectivity index (χ0v) is 15.1. The Kier molecular flexibility index (Phi) is 3.68. The second kappa shape index (κ2) is 5.81. The summed E-state index contributed by atoms with van der Waals surface area (Å²) in [5, 5.41) is 6.89. The number of fused-ring (bicyclic) bond motifs is 1. The summed E-state index contributed by atoms with van der Waals surface area (Å²) in [5.41, 5.74) is 0.596. The van der Waals surface area contributed by atoms with Crippen LogP contribution in [0.15, 0.2) is 16.8 Å². The normalized spacial score (nSPS) is 36.3. The molecule has 3 aliphatic heterocycles. The summed E-state index contributed by atoms with van der Waals surface area (Å²) < 4.78 is 6.39. The molecule has 0 radical (unpaired) electrons. The van der Waals surface area contributed by atoms with Crippen molar-refractivity contribution in [1.82, 2.24) is 10.2 Å². The van der Waals surface area contributed by atoms with Crippen LogP contribution in [-0.2, 0) is 9.53 Å². The molecule has 1 N–H and O–H groups in total. The van der Waals surface area contributed by atoms with E-state index in [2.05, 4.69) is 10.2 Å². The second-order valence-electron chi connectivity index (χ2n) is 8.10. The van der Waals surface area contributed by atoms with Gasteiger partial charge in [-0.15, -0.1) is 0 Å². The minimum atomic E-state index is -0.137. The lowest BCUT2D eigenvalue weighted by Gasteiger charge is -2.30. The van der Waals surface area contributed by atoms with Gasteiger partial charge in [0, 0.05) is 41.8 Å². The summed E-state index contributed by atoms with van der Waals surface area (Å²) in [6.45, 7) is 2.22. The summed E-state index contributed by atoms with van der Waals surface area (Å²) >= 11 is 1.54. The molecule has 4 fully saturated rings. The van der Waals surface area contributed by atoms with E-state index in [-0.39, 0.29) is 23.5 Å². The van der Waals surface area contributed by atoms with E-state index in [1.165, 1.54) is 17.8 Å². The third-order valence-electron chi connectivity index (χ3n) is 6.83. The third-order valence-corrected chi connectivity index (χ3v) is 7.51. The number of hydrogen-bond donors (Lipinski definition) is 1. The van der Waals surface area contributed by atoms with Crippen LogP contribution in [0.3, 0.4) is 0 Å². The maximum atomic E-state index is 12.7. The summed E-state index contributed by atoms with van der Waals surface area (Å²) in [6.07, 6.45) is 5.66. The zero-order chi connectivity index (χ0) is 17.0. The molecule has 1 aromatic heterocycles. The van der Waals surface area contributed by atoms with Crippen molar-refractivity contribution in [2.45, 2.75) is 43.8 Å². The van der Waals surface area contributed by atoms with Gasteiger partial charge in [-0.2, -0.15) is 11.3 Å². The first-order valence-electron chi connectivity index (χ1n) is 9.43. The van der Waals surface area contributed by atoms with Gasteiger partial charge in [-0.3, -0.25) is 9.59 Å². The zero-order valence-electron chi connectivity index (χ0n) is 14.3. The molecule has 5 nitrogen and oxygen atoms in total. The predicted octanol–water partition coefficient (Wildman–Crippen LogP) is 2.28. The molecule has 1 aromatic rings. The number of nitrogens with one attached hydrogen (secondary N) is 1. The molecule has 6 heteroatoms. The SMILES string of the molecule is O=C(NC[C@H]1[C@H]2CN(C(=O)C3CCC3)C[C@]23CC[C@H]1O3)c1ccsc1. The Bertz CT molecular complexity index is 687. The maximum absolute atomic E-state index is 12.7. The van der Waals surface area contributed by atoms with Crippen LogP contribution in [0.1, 0.15) is 42.5 Å². The van der Waals surface area contributed by atoms with Gasteiger partial charge in [0.15, 0.2) is 0 Å². The standard InChI is InChI=1S/C19H24N2O3S/c22-17(13-5-7-25-10-13)20-8-14-15-9-21(18(23)12-2-1-3-12)11-19(15)6-4-16(14)24-19/h5,7,10,12,14-16H,1-4,6,8-9,11H2,(H,20,22)/t14-,15+,16+,19+/m0/s1. The van der Waals surface area contributed by atoms with Gasteiger partial charge in [-0.25, -0.2) is 0 Å². The first-order valence-corrected chi connectivity index (χ1v) is 10.4. The summed E-state index contributed by atoms with van der Waals surface area (Å²) in [6, 6.07) is 1.85. The van der Waals surface area contributed by atoms with Crippen molar-refractivity contribution < 1.29 is 14.3 Å². The van der Waals surface area contributed by atoms with Crippen molar-refractivity contribution >= 4 is 23.2 Å². The molecule has 2 bridgehead atoms. The molecule has 3 saturated heterocycles. The molecule has 0 aromatic carbocycles. The first-order chi connectivity index (χ1) is 12.2. The van der Waals surface area contributed by atoms with Crippen LogP contribution in [0, 0.1) is 17.8 Å². The van der Waals surface area contributed by atoms with E-state index >= 15 is 0 Å². The molecule has 134 valence electrons. The minimum absolute atomic E-state index is 0.00142. The average Bonchev–Trinajstić information content (AvgIpc) is 3.30. The van der Waals surface area contributed by atoms with Gasteiger partial charge in [0.2, 0.25) is 5.91 Å². The van der Waals surface area contributed by atoms with Crippen LogP contribution >= 0.6 is 11.3 Å². The van der Waals surface area contributed by atoms with E-state index < -0.39 is 0 Å².